The maximum absolute atomic E-state index is 12.8. The minimum absolute atomic E-state index is 0.0610. The van der Waals surface area contributed by atoms with Gasteiger partial charge in [0.2, 0.25) is 0 Å². The molecule has 3 heteroatoms. The van der Waals surface area contributed by atoms with Crippen LogP contribution in [0.25, 0.3) is 0 Å². The van der Waals surface area contributed by atoms with Crippen molar-refractivity contribution in [2.75, 3.05) is 0 Å². The van der Waals surface area contributed by atoms with Crippen LogP contribution in [0.2, 0.25) is 0 Å². The number of alkyl halides is 1. The normalized spacial score (nSPS) is 13.1. The van der Waals surface area contributed by atoms with E-state index in [9.17, 15) is 8.78 Å². The summed E-state index contributed by atoms with van der Waals surface area (Å²) in [4.78, 5) is 0. The van der Waals surface area contributed by atoms with Crippen LogP contribution in [0.3, 0.4) is 0 Å². The Bertz CT molecular complexity index is 238. The van der Waals surface area contributed by atoms with Gasteiger partial charge in [-0.05, 0) is 19.1 Å². The molecule has 0 bridgehead atoms. The molecule has 0 amide bonds. The lowest BCUT2D eigenvalue weighted by atomic mass is 10.1. The van der Waals surface area contributed by atoms with Crippen molar-refractivity contribution in [1.29, 1.82) is 0 Å². The van der Waals surface area contributed by atoms with Crippen molar-refractivity contribution in [3.63, 3.8) is 0 Å². The van der Waals surface area contributed by atoms with Crippen molar-refractivity contribution < 1.29 is 8.78 Å². The van der Waals surface area contributed by atoms with E-state index in [4.69, 9.17) is 11.6 Å². The molecule has 1 atom stereocenters. The number of halogens is 3. The minimum atomic E-state index is -0.629. The molecule has 0 fully saturated rings. The molecule has 11 heavy (non-hydrogen) atoms. The standard InChI is InChI=1S/C8H7ClF2/c1-5(9)8-6(10)3-2-4-7(8)11/h2-5H,1H3. The Labute approximate surface area is 68.8 Å². The molecule has 1 unspecified atom stereocenters. The van der Waals surface area contributed by atoms with E-state index < -0.39 is 17.0 Å². The van der Waals surface area contributed by atoms with Gasteiger partial charge < -0.3 is 0 Å². The molecule has 0 saturated heterocycles. The fraction of sp³-hybridized carbons (Fsp3) is 0.250. The van der Waals surface area contributed by atoms with E-state index in [-0.39, 0.29) is 5.56 Å². The third-order valence-electron chi connectivity index (χ3n) is 1.40. The number of hydrogen-bond donors (Lipinski definition) is 0. The van der Waals surface area contributed by atoms with Crippen LogP contribution in [-0.2, 0) is 0 Å². The number of rotatable bonds is 1. The van der Waals surface area contributed by atoms with Gasteiger partial charge in [-0.15, -0.1) is 11.6 Å². The summed E-state index contributed by atoms with van der Waals surface area (Å²) in [6.45, 7) is 1.53. The average molecular weight is 177 g/mol. The van der Waals surface area contributed by atoms with Gasteiger partial charge in [0.1, 0.15) is 11.6 Å². The van der Waals surface area contributed by atoms with E-state index in [1.165, 1.54) is 25.1 Å². The highest BCUT2D eigenvalue weighted by Crippen LogP contribution is 2.24. The zero-order valence-corrected chi connectivity index (χ0v) is 6.70. The maximum atomic E-state index is 12.8. The smallest absolute Gasteiger partial charge is 0.130 e. The van der Waals surface area contributed by atoms with Gasteiger partial charge in [0.25, 0.3) is 0 Å². The molecule has 0 N–H and O–H groups in total. The highest BCUT2D eigenvalue weighted by molar-refractivity contribution is 6.20. The van der Waals surface area contributed by atoms with Gasteiger partial charge in [-0.2, -0.15) is 0 Å². The quantitative estimate of drug-likeness (QED) is 0.577. The predicted molar refractivity (Wildman–Crippen MR) is 40.6 cm³/mol. The molecule has 0 saturated carbocycles. The van der Waals surface area contributed by atoms with Crippen molar-refractivity contribution in [2.24, 2.45) is 0 Å². The summed E-state index contributed by atoms with van der Waals surface area (Å²) in [5, 5.41) is -0.629. The van der Waals surface area contributed by atoms with Crippen molar-refractivity contribution in [1.82, 2.24) is 0 Å². The van der Waals surface area contributed by atoms with Crippen molar-refractivity contribution in [3.8, 4) is 0 Å². The Hall–Kier alpha value is -0.630. The second kappa shape index (κ2) is 3.18. The van der Waals surface area contributed by atoms with Crippen LogP contribution in [0, 0.1) is 11.6 Å². The third-order valence-corrected chi connectivity index (χ3v) is 1.62. The Kier molecular flexibility index (Phi) is 2.45. The van der Waals surface area contributed by atoms with Crippen LogP contribution in [0.5, 0.6) is 0 Å². The lowest BCUT2D eigenvalue weighted by molar-refractivity contribution is 0.556. The van der Waals surface area contributed by atoms with Crippen LogP contribution in [0.4, 0.5) is 8.78 Å². The first-order valence-electron chi connectivity index (χ1n) is 3.21. The molecular formula is C8H7ClF2. The number of benzene rings is 1. The van der Waals surface area contributed by atoms with Crippen LogP contribution in [0.15, 0.2) is 18.2 Å². The zero-order chi connectivity index (χ0) is 8.43. The molecule has 0 aliphatic heterocycles. The summed E-state index contributed by atoms with van der Waals surface area (Å²) in [6.07, 6.45) is 0. The van der Waals surface area contributed by atoms with Crippen LogP contribution in [0.1, 0.15) is 17.9 Å². The second-order valence-corrected chi connectivity index (χ2v) is 2.91. The minimum Gasteiger partial charge on any atom is -0.207 e. The fourth-order valence-electron chi connectivity index (χ4n) is 0.891. The molecule has 1 aromatic carbocycles. The molecule has 1 rings (SSSR count). The highest BCUT2D eigenvalue weighted by atomic mass is 35.5. The van der Waals surface area contributed by atoms with Crippen molar-refractivity contribution >= 4 is 11.6 Å². The van der Waals surface area contributed by atoms with Crippen molar-refractivity contribution in [3.05, 3.63) is 35.4 Å². The molecule has 1 aromatic rings. The average Bonchev–Trinajstić information content (AvgIpc) is 1.85. The van der Waals surface area contributed by atoms with E-state index in [0.717, 1.165) is 0 Å². The molecule has 60 valence electrons. The van der Waals surface area contributed by atoms with Gasteiger partial charge in [-0.1, -0.05) is 6.07 Å². The number of hydrogen-bond acceptors (Lipinski definition) is 0. The van der Waals surface area contributed by atoms with Gasteiger partial charge in [0.15, 0.2) is 0 Å². The summed E-state index contributed by atoms with van der Waals surface area (Å²) in [6, 6.07) is 3.70. The SMILES string of the molecule is CC(Cl)c1c(F)cccc1F. The lowest BCUT2D eigenvalue weighted by Gasteiger charge is -2.04. The van der Waals surface area contributed by atoms with E-state index in [1.54, 1.807) is 0 Å². The zero-order valence-electron chi connectivity index (χ0n) is 5.94. The molecule has 0 heterocycles. The van der Waals surface area contributed by atoms with E-state index in [0.29, 0.717) is 0 Å². The van der Waals surface area contributed by atoms with Crippen LogP contribution >= 0.6 is 11.6 Å². The first kappa shape index (κ1) is 8.47. The maximum Gasteiger partial charge on any atom is 0.130 e. The first-order valence-corrected chi connectivity index (χ1v) is 3.64. The largest absolute Gasteiger partial charge is 0.207 e. The predicted octanol–water partition coefficient (Wildman–Crippen LogP) is 3.26. The van der Waals surface area contributed by atoms with Crippen molar-refractivity contribution in [2.45, 2.75) is 12.3 Å². The van der Waals surface area contributed by atoms with Gasteiger partial charge >= 0.3 is 0 Å². The lowest BCUT2D eigenvalue weighted by Crippen LogP contribution is -1.94. The molecular weight excluding hydrogens is 170 g/mol. The summed E-state index contributed by atoms with van der Waals surface area (Å²) >= 11 is 5.53. The van der Waals surface area contributed by atoms with Gasteiger partial charge in [-0.3, -0.25) is 0 Å². The molecule has 0 aromatic heterocycles. The Morgan fingerprint density at radius 3 is 2.00 bits per heavy atom. The monoisotopic (exact) mass is 176 g/mol. The molecule has 0 aliphatic carbocycles. The topological polar surface area (TPSA) is 0 Å². The molecule has 0 aliphatic rings. The molecule has 0 nitrogen and oxygen atoms in total. The van der Waals surface area contributed by atoms with E-state index in [1.807, 2.05) is 0 Å². The van der Waals surface area contributed by atoms with Crippen LogP contribution < -0.4 is 0 Å². The molecule has 0 spiro atoms. The Morgan fingerprint density at radius 1 is 1.27 bits per heavy atom. The van der Waals surface area contributed by atoms with Gasteiger partial charge in [0.05, 0.1) is 5.38 Å². The summed E-state index contributed by atoms with van der Waals surface area (Å²) in [5.74, 6) is -1.18. The summed E-state index contributed by atoms with van der Waals surface area (Å²) in [7, 11) is 0. The summed E-state index contributed by atoms with van der Waals surface area (Å²) < 4.78 is 25.6. The fourth-order valence-corrected chi connectivity index (χ4v) is 1.10. The van der Waals surface area contributed by atoms with Crippen LogP contribution in [-0.4, -0.2) is 0 Å². The third kappa shape index (κ3) is 1.69. The Morgan fingerprint density at radius 2 is 1.73 bits per heavy atom. The Balaban J connectivity index is 3.21. The molecule has 0 radical (unpaired) electrons. The summed E-state index contributed by atoms with van der Waals surface area (Å²) in [5.41, 5.74) is -0.0610. The first-order chi connectivity index (χ1) is 5.13. The highest BCUT2D eigenvalue weighted by Gasteiger charge is 2.12. The van der Waals surface area contributed by atoms with E-state index in [2.05, 4.69) is 0 Å². The van der Waals surface area contributed by atoms with Gasteiger partial charge in [-0.25, -0.2) is 8.78 Å². The van der Waals surface area contributed by atoms with Gasteiger partial charge in [0, 0.05) is 5.56 Å². The van der Waals surface area contributed by atoms with E-state index >= 15 is 0 Å². The second-order valence-electron chi connectivity index (χ2n) is 2.25.